The predicted octanol–water partition coefficient (Wildman–Crippen LogP) is 3.54. The van der Waals surface area contributed by atoms with Crippen LogP contribution < -0.4 is 5.32 Å². The highest BCUT2D eigenvalue weighted by molar-refractivity contribution is 4.92. The van der Waals surface area contributed by atoms with Crippen molar-refractivity contribution in [2.24, 2.45) is 11.3 Å². The SMILES string of the molecule is CC(C)CC1CNC(C(C)(C)C)CN1CCOC(C)(C)C. The van der Waals surface area contributed by atoms with Crippen molar-refractivity contribution in [1.29, 1.82) is 0 Å². The molecule has 0 aromatic carbocycles. The fourth-order valence-corrected chi connectivity index (χ4v) is 2.96. The fraction of sp³-hybridized carbons (Fsp3) is 1.00. The number of hydrogen-bond donors (Lipinski definition) is 1. The second-order valence-electron chi connectivity index (χ2n) is 9.07. The van der Waals surface area contributed by atoms with Crippen molar-refractivity contribution >= 4 is 0 Å². The van der Waals surface area contributed by atoms with Gasteiger partial charge in [0.25, 0.3) is 0 Å². The summed E-state index contributed by atoms with van der Waals surface area (Å²) in [6.45, 7) is 22.1. The smallest absolute Gasteiger partial charge is 0.0600 e. The van der Waals surface area contributed by atoms with Gasteiger partial charge in [-0.25, -0.2) is 0 Å². The highest BCUT2D eigenvalue weighted by atomic mass is 16.5. The highest BCUT2D eigenvalue weighted by Crippen LogP contribution is 2.25. The van der Waals surface area contributed by atoms with Crippen molar-refractivity contribution in [3.63, 3.8) is 0 Å². The van der Waals surface area contributed by atoms with Gasteiger partial charge in [0.2, 0.25) is 0 Å². The van der Waals surface area contributed by atoms with E-state index >= 15 is 0 Å². The number of rotatable bonds is 5. The van der Waals surface area contributed by atoms with Gasteiger partial charge in [-0.2, -0.15) is 0 Å². The lowest BCUT2D eigenvalue weighted by molar-refractivity contribution is -0.0274. The molecule has 0 aromatic heterocycles. The van der Waals surface area contributed by atoms with E-state index in [1.165, 1.54) is 6.42 Å². The van der Waals surface area contributed by atoms with Crippen molar-refractivity contribution < 1.29 is 4.74 Å². The molecule has 1 heterocycles. The maximum absolute atomic E-state index is 5.94. The summed E-state index contributed by atoms with van der Waals surface area (Å²) in [5.74, 6) is 0.744. The van der Waals surface area contributed by atoms with Crippen molar-refractivity contribution in [3.8, 4) is 0 Å². The van der Waals surface area contributed by atoms with Crippen LogP contribution in [0.25, 0.3) is 0 Å². The molecule has 21 heavy (non-hydrogen) atoms. The van der Waals surface area contributed by atoms with Gasteiger partial charge in [-0.3, -0.25) is 4.90 Å². The number of nitrogens with one attached hydrogen (secondary N) is 1. The number of nitrogens with zero attached hydrogens (tertiary/aromatic N) is 1. The van der Waals surface area contributed by atoms with E-state index in [4.69, 9.17) is 4.74 Å². The summed E-state index contributed by atoms with van der Waals surface area (Å²) in [5, 5.41) is 3.77. The van der Waals surface area contributed by atoms with Gasteiger partial charge >= 0.3 is 0 Å². The molecule has 0 spiro atoms. The Bertz CT molecular complexity index is 301. The molecule has 1 aliphatic heterocycles. The Balaban J connectivity index is 2.60. The molecule has 3 nitrogen and oxygen atoms in total. The number of piperazine rings is 1. The number of ether oxygens (including phenoxy) is 1. The van der Waals surface area contributed by atoms with Crippen molar-refractivity contribution in [1.82, 2.24) is 10.2 Å². The van der Waals surface area contributed by atoms with Crippen molar-refractivity contribution in [2.45, 2.75) is 79.5 Å². The second-order valence-corrected chi connectivity index (χ2v) is 9.07. The molecule has 0 radical (unpaired) electrons. The summed E-state index contributed by atoms with van der Waals surface area (Å²) >= 11 is 0. The predicted molar refractivity (Wildman–Crippen MR) is 91.8 cm³/mol. The van der Waals surface area contributed by atoms with E-state index in [2.05, 4.69) is 65.6 Å². The highest BCUT2D eigenvalue weighted by Gasteiger charge is 2.34. The first-order valence-corrected chi connectivity index (χ1v) is 8.60. The maximum Gasteiger partial charge on any atom is 0.0600 e. The van der Waals surface area contributed by atoms with E-state index in [0.717, 1.165) is 32.2 Å². The van der Waals surface area contributed by atoms with E-state index in [1.54, 1.807) is 0 Å². The van der Waals surface area contributed by atoms with E-state index in [0.29, 0.717) is 17.5 Å². The van der Waals surface area contributed by atoms with Gasteiger partial charge in [0.15, 0.2) is 0 Å². The molecule has 0 saturated carbocycles. The lowest BCUT2D eigenvalue weighted by atomic mass is 9.84. The third kappa shape index (κ3) is 7.12. The van der Waals surface area contributed by atoms with Gasteiger partial charge in [-0.15, -0.1) is 0 Å². The van der Waals surface area contributed by atoms with Crippen LogP contribution in [-0.2, 0) is 4.74 Å². The summed E-state index contributed by atoms with van der Waals surface area (Å²) in [6.07, 6.45) is 1.26. The molecule has 2 atom stereocenters. The van der Waals surface area contributed by atoms with Crippen LogP contribution in [0.15, 0.2) is 0 Å². The quantitative estimate of drug-likeness (QED) is 0.840. The lowest BCUT2D eigenvalue weighted by Gasteiger charge is -2.45. The van der Waals surface area contributed by atoms with Crippen LogP contribution in [0.5, 0.6) is 0 Å². The second kappa shape index (κ2) is 7.43. The van der Waals surface area contributed by atoms with Crippen LogP contribution in [0, 0.1) is 11.3 Å². The summed E-state index contributed by atoms with van der Waals surface area (Å²) < 4.78 is 5.94. The Hall–Kier alpha value is -0.120. The average Bonchev–Trinajstić information content (AvgIpc) is 2.27. The molecule has 1 aliphatic rings. The zero-order valence-corrected chi connectivity index (χ0v) is 15.6. The van der Waals surface area contributed by atoms with Crippen LogP contribution in [0.4, 0.5) is 0 Å². The van der Waals surface area contributed by atoms with Crippen LogP contribution in [0.1, 0.15) is 61.8 Å². The molecule has 1 rings (SSSR count). The van der Waals surface area contributed by atoms with Crippen molar-refractivity contribution in [3.05, 3.63) is 0 Å². The Labute approximate surface area is 132 Å². The van der Waals surface area contributed by atoms with Gasteiger partial charge < -0.3 is 10.1 Å². The molecule has 2 unspecified atom stereocenters. The Morgan fingerprint density at radius 2 is 1.76 bits per heavy atom. The molecule has 1 saturated heterocycles. The average molecular weight is 299 g/mol. The Morgan fingerprint density at radius 3 is 2.24 bits per heavy atom. The molecule has 0 amide bonds. The van der Waals surface area contributed by atoms with Crippen LogP contribution in [0.2, 0.25) is 0 Å². The molecular weight excluding hydrogens is 260 g/mol. The third-order valence-electron chi connectivity index (χ3n) is 4.24. The molecule has 1 fully saturated rings. The summed E-state index contributed by atoms with van der Waals surface area (Å²) in [4.78, 5) is 2.65. The van der Waals surface area contributed by atoms with Crippen LogP contribution in [-0.4, -0.2) is 48.8 Å². The summed E-state index contributed by atoms with van der Waals surface area (Å²) in [7, 11) is 0. The largest absolute Gasteiger partial charge is 0.375 e. The van der Waals surface area contributed by atoms with E-state index in [1.807, 2.05) is 0 Å². The Kier molecular flexibility index (Phi) is 6.70. The molecule has 3 heteroatoms. The maximum atomic E-state index is 5.94. The van der Waals surface area contributed by atoms with Gasteiger partial charge in [0, 0.05) is 31.7 Å². The first-order chi connectivity index (χ1) is 9.49. The van der Waals surface area contributed by atoms with E-state index in [9.17, 15) is 0 Å². The fourth-order valence-electron chi connectivity index (χ4n) is 2.96. The first kappa shape index (κ1) is 18.9. The van der Waals surface area contributed by atoms with Gasteiger partial charge in [0.05, 0.1) is 12.2 Å². The van der Waals surface area contributed by atoms with Crippen LogP contribution >= 0.6 is 0 Å². The minimum absolute atomic E-state index is 0.0367. The van der Waals surface area contributed by atoms with Crippen molar-refractivity contribution in [2.75, 3.05) is 26.2 Å². The lowest BCUT2D eigenvalue weighted by Crippen LogP contribution is -2.61. The topological polar surface area (TPSA) is 24.5 Å². The minimum Gasteiger partial charge on any atom is -0.375 e. The normalized spacial score (nSPS) is 25.6. The monoisotopic (exact) mass is 298 g/mol. The summed E-state index contributed by atoms with van der Waals surface area (Å²) in [6, 6.07) is 1.21. The molecule has 0 aliphatic carbocycles. The first-order valence-electron chi connectivity index (χ1n) is 8.60. The molecule has 0 bridgehead atoms. The minimum atomic E-state index is -0.0367. The van der Waals surface area contributed by atoms with E-state index < -0.39 is 0 Å². The molecule has 1 N–H and O–H groups in total. The molecular formula is C18H38N2O. The van der Waals surface area contributed by atoms with Gasteiger partial charge in [0.1, 0.15) is 0 Å². The zero-order chi connectivity index (χ0) is 16.3. The summed E-state index contributed by atoms with van der Waals surface area (Å²) in [5.41, 5.74) is 0.275. The zero-order valence-electron chi connectivity index (χ0n) is 15.6. The Morgan fingerprint density at radius 1 is 1.14 bits per heavy atom. The van der Waals surface area contributed by atoms with Crippen LogP contribution in [0.3, 0.4) is 0 Å². The van der Waals surface area contributed by atoms with Gasteiger partial charge in [-0.1, -0.05) is 34.6 Å². The van der Waals surface area contributed by atoms with E-state index in [-0.39, 0.29) is 5.60 Å². The standard InChI is InChI=1S/C18H38N2O/c1-14(2)11-15-12-19-16(17(3,4)5)13-20(15)9-10-21-18(6,7)8/h14-16,19H,9-13H2,1-8H3. The number of hydrogen-bond acceptors (Lipinski definition) is 3. The molecule has 0 aromatic rings. The molecule has 126 valence electrons. The van der Waals surface area contributed by atoms with Gasteiger partial charge in [-0.05, 0) is 38.5 Å². The third-order valence-corrected chi connectivity index (χ3v) is 4.24.